The summed E-state index contributed by atoms with van der Waals surface area (Å²) >= 11 is 1.64. The number of nitrogens with zero attached hydrogens (tertiary/aromatic N) is 3. The van der Waals surface area contributed by atoms with E-state index >= 15 is 0 Å². The number of non-ortho nitro benzene ring substituents is 1. The Kier molecular flexibility index (Phi) is 4.63. The van der Waals surface area contributed by atoms with E-state index in [9.17, 15) is 15.4 Å². The summed E-state index contributed by atoms with van der Waals surface area (Å²) < 4.78 is -0.230. The van der Waals surface area contributed by atoms with E-state index in [1.165, 1.54) is 0 Å². The van der Waals surface area contributed by atoms with Crippen LogP contribution in [0, 0.1) is 21.4 Å². The standard InChI is InChI=1S/C14H17N3O2S/c1-20-14(11-15)6-8-16(9-7-14)10-12-2-4-13(5-3-12)17(18)19/h2-5H,6-10H2,1H3. The number of nitro benzene ring substituents is 1. The van der Waals surface area contributed by atoms with Gasteiger partial charge >= 0.3 is 0 Å². The molecule has 1 aliphatic rings. The van der Waals surface area contributed by atoms with E-state index in [2.05, 4.69) is 11.0 Å². The van der Waals surface area contributed by atoms with Crippen molar-refractivity contribution in [2.75, 3.05) is 19.3 Å². The molecular formula is C14H17N3O2S. The van der Waals surface area contributed by atoms with Gasteiger partial charge in [0.25, 0.3) is 5.69 Å². The summed E-state index contributed by atoms with van der Waals surface area (Å²) in [5.41, 5.74) is 1.20. The molecule has 0 aliphatic carbocycles. The first-order valence-electron chi connectivity index (χ1n) is 6.51. The number of nitriles is 1. The topological polar surface area (TPSA) is 70.2 Å². The Morgan fingerprint density at radius 2 is 2.00 bits per heavy atom. The lowest BCUT2D eigenvalue weighted by Crippen LogP contribution is -2.41. The minimum Gasteiger partial charge on any atom is -0.299 e. The molecule has 0 spiro atoms. The first-order valence-corrected chi connectivity index (χ1v) is 7.73. The molecule has 1 aromatic rings. The van der Waals surface area contributed by atoms with Gasteiger partial charge in [0, 0.05) is 31.8 Å². The van der Waals surface area contributed by atoms with Crippen LogP contribution in [0.2, 0.25) is 0 Å². The van der Waals surface area contributed by atoms with E-state index in [0.717, 1.165) is 38.0 Å². The molecule has 0 aromatic heterocycles. The number of thioether (sulfide) groups is 1. The van der Waals surface area contributed by atoms with Crippen molar-refractivity contribution >= 4 is 17.4 Å². The third-order valence-corrected chi connectivity index (χ3v) is 5.09. The molecule has 1 aromatic carbocycles. The van der Waals surface area contributed by atoms with Gasteiger partial charge in [-0.15, -0.1) is 11.8 Å². The van der Waals surface area contributed by atoms with Crippen LogP contribution in [0.3, 0.4) is 0 Å². The summed E-state index contributed by atoms with van der Waals surface area (Å²) in [5.74, 6) is 0. The number of nitro groups is 1. The Hall–Kier alpha value is -1.58. The van der Waals surface area contributed by atoms with Crippen molar-refractivity contribution in [3.8, 4) is 6.07 Å². The average Bonchev–Trinajstić information content (AvgIpc) is 2.49. The maximum absolute atomic E-state index is 10.6. The number of benzene rings is 1. The van der Waals surface area contributed by atoms with Crippen molar-refractivity contribution in [2.24, 2.45) is 0 Å². The van der Waals surface area contributed by atoms with Crippen LogP contribution in [0.4, 0.5) is 5.69 Å². The zero-order chi connectivity index (χ0) is 14.6. The molecule has 0 N–H and O–H groups in total. The van der Waals surface area contributed by atoms with Crippen LogP contribution in [-0.2, 0) is 6.54 Å². The van der Waals surface area contributed by atoms with Gasteiger partial charge in [-0.3, -0.25) is 15.0 Å². The Morgan fingerprint density at radius 1 is 1.40 bits per heavy atom. The highest BCUT2D eigenvalue weighted by Gasteiger charge is 2.33. The van der Waals surface area contributed by atoms with Crippen molar-refractivity contribution < 1.29 is 4.92 Å². The SMILES string of the molecule is CSC1(C#N)CCN(Cc2ccc([N+](=O)[O-])cc2)CC1. The smallest absolute Gasteiger partial charge is 0.269 e. The van der Waals surface area contributed by atoms with Crippen molar-refractivity contribution in [3.05, 3.63) is 39.9 Å². The predicted molar refractivity (Wildman–Crippen MR) is 79.5 cm³/mol. The molecule has 1 heterocycles. The number of rotatable bonds is 4. The van der Waals surface area contributed by atoms with Gasteiger partial charge in [0.2, 0.25) is 0 Å². The third kappa shape index (κ3) is 3.30. The molecule has 0 atom stereocenters. The fourth-order valence-corrected chi connectivity index (χ4v) is 3.10. The molecule has 2 rings (SSSR count). The molecule has 1 aliphatic heterocycles. The van der Waals surface area contributed by atoms with E-state index in [4.69, 9.17) is 0 Å². The second kappa shape index (κ2) is 6.25. The molecule has 20 heavy (non-hydrogen) atoms. The van der Waals surface area contributed by atoms with E-state index in [-0.39, 0.29) is 15.4 Å². The van der Waals surface area contributed by atoms with Crippen LogP contribution in [0.15, 0.2) is 24.3 Å². The van der Waals surface area contributed by atoms with Crippen LogP contribution < -0.4 is 0 Å². The largest absolute Gasteiger partial charge is 0.299 e. The molecule has 0 amide bonds. The van der Waals surface area contributed by atoms with Gasteiger partial charge in [-0.05, 0) is 24.7 Å². The summed E-state index contributed by atoms with van der Waals surface area (Å²) in [6.07, 6.45) is 3.74. The summed E-state index contributed by atoms with van der Waals surface area (Å²) in [7, 11) is 0. The van der Waals surface area contributed by atoms with Gasteiger partial charge in [-0.1, -0.05) is 12.1 Å². The zero-order valence-corrected chi connectivity index (χ0v) is 12.2. The highest BCUT2D eigenvalue weighted by molar-refractivity contribution is 8.00. The van der Waals surface area contributed by atoms with Crippen molar-refractivity contribution in [3.63, 3.8) is 0 Å². The first-order chi connectivity index (χ1) is 9.58. The molecule has 0 saturated carbocycles. The molecule has 5 nitrogen and oxygen atoms in total. The summed E-state index contributed by atoms with van der Waals surface area (Å²) in [5, 5.41) is 19.8. The number of hydrogen-bond donors (Lipinski definition) is 0. The van der Waals surface area contributed by atoms with E-state index in [0.29, 0.717) is 0 Å². The van der Waals surface area contributed by atoms with Crippen LogP contribution in [0.25, 0.3) is 0 Å². The second-order valence-electron chi connectivity index (χ2n) is 5.01. The van der Waals surface area contributed by atoms with Crippen LogP contribution in [-0.4, -0.2) is 33.9 Å². The van der Waals surface area contributed by atoms with Gasteiger partial charge in [-0.25, -0.2) is 0 Å². The molecule has 1 fully saturated rings. The molecule has 0 bridgehead atoms. The predicted octanol–water partition coefficient (Wildman–Crippen LogP) is 2.82. The van der Waals surface area contributed by atoms with E-state index in [1.807, 2.05) is 6.26 Å². The van der Waals surface area contributed by atoms with E-state index < -0.39 is 0 Å². The lowest BCUT2D eigenvalue weighted by atomic mass is 9.97. The lowest BCUT2D eigenvalue weighted by molar-refractivity contribution is -0.384. The van der Waals surface area contributed by atoms with E-state index in [1.54, 1.807) is 36.0 Å². The van der Waals surface area contributed by atoms with Crippen LogP contribution in [0.1, 0.15) is 18.4 Å². The molecule has 1 saturated heterocycles. The summed E-state index contributed by atoms with van der Waals surface area (Å²) in [4.78, 5) is 12.5. The van der Waals surface area contributed by atoms with Crippen molar-refractivity contribution in [1.82, 2.24) is 4.90 Å². The Balaban J connectivity index is 1.93. The van der Waals surface area contributed by atoms with Crippen LogP contribution >= 0.6 is 11.8 Å². The highest BCUT2D eigenvalue weighted by atomic mass is 32.2. The fraction of sp³-hybridized carbons (Fsp3) is 0.500. The minimum atomic E-state index is -0.385. The van der Waals surface area contributed by atoms with Gasteiger partial charge in [0.1, 0.15) is 4.75 Å². The lowest BCUT2D eigenvalue weighted by Gasteiger charge is -2.36. The highest BCUT2D eigenvalue weighted by Crippen LogP contribution is 2.34. The molecular weight excluding hydrogens is 274 g/mol. The molecule has 106 valence electrons. The summed E-state index contributed by atoms with van der Waals surface area (Å²) in [6, 6.07) is 9.13. The van der Waals surface area contributed by atoms with Gasteiger partial charge in [0.05, 0.1) is 11.0 Å². The van der Waals surface area contributed by atoms with Crippen molar-refractivity contribution in [1.29, 1.82) is 5.26 Å². The monoisotopic (exact) mass is 291 g/mol. The maximum atomic E-state index is 10.6. The fourth-order valence-electron chi connectivity index (χ4n) is 2.42. The molecule has 0 radical (unpaired) electrons. The van der Waals surface area contributed by atoms with Gasteiger partial charge in [0.15, 0.2) is 0 Å². The number of piperidine rings is 1. The van der Waals surface area contributed by atoms with Gasteiger partial charge < -0.3 is 0 Å². The van der Waals surface area contributed by atoms with Crippen molar-refractivity contribution in [2.45, 2.75) is 24.1 Å². The quantitative estimate of drug-likeness (QED) is 0.630. The first kappa shape index (κ1) is 14.8. The average molecular weight is 291 g/mol. The third-order valence-electron chi connectivity index (χ3n) is 3.81. The Morgan fingerprint density at radius 3 is 2.45 bits per heavy atom. The molecule has 6 heteroatoms. The number of likely N-dealkylation sites (tertiary alicyclic amines) is 1. The maximum Gasteiger partial charge on any atom is 0.269 e. The molecule has 0 unspecified atom stereocenters. The van der Waals surface area contributed by atoms with Gasteiger partial charge in [-0.2, -0.15) is 5.26 Å². The normalized spacial score (nSPS) is 18.4. The Labute approximate surface area is 122 Å². The summed E-state index contributed by atoms with van der Waals surface area (Å²) in [6.45, 7) is 2.57. The number of hydrogen-bond acceptors (Lipinski definition) is 5. The zero-order valence-electron chi connectivity index (χ0n) is 11.4. The van der Waals surface area contributed by atoms with Crippen LogP contribution in [0.5, 0.6) is 0 Å². The second-order valence-corrected chi connectivity index (χ2v) is 6.20. The Bertz CT molecular complexity index is 516. The minimum absolute atomic E-state index is 0.123.